The van der Waals surface area contributed by atoms with Gasteiger partial charge in [0.25, 0.3) is 0 Å². The highest BCUT2D eigenvalue weighted by atomic mass is 79.9. The van der Waals surface area contributed by atoms with Gasteiger partial charge >= 0.3 is 0 Å². The highest BCUT2D eigenvalue weighted by Crippen LogP contribution is 2.18. The van der Waals surface area contributed by atoms with Gasteiger partial charge in [0.2, 0.25) is 0 Å². The third-order valence-electron chi connectivity index (χ3n) is 1.04. The van der Waals surface area contributed by atoms with Crippen molar-refractivity contribution in [2.45, 2.75) is 0 Å². The van der Waals surface area contributed by atoms with Gasteiger partial charge in [-0.05, 0) is 22.0 Å². The van der Waals surface area contributed by atoms with Crippen molar-refractivity contribution in [2.75, 3.05) is 12.4 Å². The summed E-state index contributed by atoms with van der Waals surface area (Å²) in [7, 11) is 1.86. The number of halogens is 1. The molecule has 1 heterocycles. The Morgan fingerprint density at radius 3 is 2.89 bits per heavy atom. The minimum absolute atomic E-state index is 1.01. The third-order valence-corrected chi connectivity index (χ3v) is 1.73. The van der Waals surface area contributed by atoms with Crippen LogP contribution in [-0.4, -0.2) is 12.0 Å². The zero-order chi connectivity index (χ0) is 6.69. The van der Waals surface area contributed by atoms with E-state index in [4.69, 9.17) is 0 Å². The van der Waals surface area contributed by atoms with Crippen LogP contribution in [0.1, 0.15) is 0 Å². The molecule has 0 saturated heterocycles. The fourth-order valence-corrected chi connectivity index (χ4v) is 0.980. The Kier molecular flexibility index (Phi) is 2.05. The summed E-state index contributed by atoms with van der Waals surface area (Å²) in [6.45, 7) is 0. The van der Waals surface area contributed by atoms with Gasteiger partial charge in [-0.25, -0.2) is 0 Å². The first-order chi connectivity index (χ1) is 4.34. The molecular weight excluding hydrogens is 180 g/mol. The average Bonchev–Trinajstić information content (AvgIpc) is 1.89. The molecule has 3 heteroatoms. The van der Waals surface area contributed by atoms with Crippen LogP contribution >= 0.6 is 15.9 Å². The van der Waals surface area contributed by atoms with E-state index in [0.29, 0.717) is 0 Å². The highest BCUT2D eigenvalue weighted by molar-refractivity contribution is 9.10. The maximum atomic E-state index is 3.92. The molecule has 0 aromatic carbocycles. The van der Waals surface area contributed by atoms with E-state index >= 15 is 0 Å². The van der Waals surface area contributed by atoms with E-state index in [0.717, 1.165) is 10.2 Å². The number of hydrogen-bond acceptors (Lipinski definition) is 2. The number of hydrogen-bond donors (Lipinski definition) is 1. The fourth-order valence-electron chi connectivity index (χ4n) is 0.561. The van der Waals surface area contributed by atoms with Crippen molar-refractivity contribution >= 4 is 21.6 Å². The molecule has 0 radical (unpaired) electrons. The summed E-state index contributed by atoms with van der Waals surface area (Å²) in [5.41, 5.74) is 1.01. The van der Waals surface area contributed by atoms with Crippen LogP contribution in [0.15, 0.2) is 22.9 Å². The molecule has 1 aromatic rings. The van der Waals surface area contributed by atoms with Gasteiger partial charge in [0.05, 0.1) is 11.9 Å². The first kappa shape index (κ1) is 6.55. The topological polar surface area (TPSA) is 24.9 Å². The van der Waals surface area contributed by atoms with Gasteiger partial charge in [-0.2, -0.15) is 0 Å². The second-order valence-corrected chi connectivity index (χ2v) is 2.46. The largest absolute Gasteiger partial charge is 0.386 e. The Balaban J connectivity index is 3.01. The molecule has 1 rings (SSSR count). The van der Waals surface area contributed by atoms with Crippen LogP contribution in [0.2, 0.25) is 0 Å². The molecule has 0 saturated carbocycles. The number of aromatic nitrogens is 1. The minimum atomic E-state index is 1.01. The lowest BCUT2D eigenvalue weighted by molar-refractivity contribution is 1.30. The molecule has 1 aromatic heterocycles. The summed E-state index contributed by atoms with van der Waals surface area (Å²) in [4.78, 5) is 3.92. The molecule has 0 unspecified atom stereocenters. The van der Waals surface area contributed by atoms with Crippen molar-refractivity contribution in [3.8, 4) is 0 Å². The van der Waals surface area contributed by atoms with Gasteiger partial charge in [-0.1, -0.05) is 0 Å². The maximum absolute atomic E-state index is 3.92. The van der Waals surface area contributed by atoms with Crippen LogP contribution in [0.3, 0.4) is 0 Å². The van der Waals surface area contributed by atoms with Crippen LogP contribution < -0.4 is 5.32 Å². The van der Waals surface area contributed by atoms with Gasteiger partial charge in [0.15, 0.2) is 0 Å². The second-order valence-electron chi connectivity index (χ2n) is 1.61. The van der Waals surface area contributed by atoms with Gasteiger partial charge in [0.1, 0.15) is 0 Å². The summed E-state index contributed by atoms with van der Waals surface area (Å²) < 4.78 is 1.04. The number of anilines is 1. The van der Waals surface area contributed by atoms with Crippen LogP contribution in [0.4, 0.5) is 5.69 Å². The van der Waals surface area contributed by atoms with E-state index < -0.39 is 0 Å². The predicted octanol–water partition coefficient (Wildman–Crippen LogP) is 1.89. The Labute approximate surface area is 62.4 Å². The van der Waals surface area contributed by atoms with Crippen LogP contribution in [0.25, 0.3) is 0 Å². The quantitative estimate of drug-likeness (QED) is 0.725. The van der Waals surface area contributed by atoms with Gasteiger partial charge in [-0.15, -0.1) is 0 Å². The molecule has 0 bridgehead atoms. The SMILES string of the molecule is CNc1cnccc1Br. The van der Waals surface area contributed by atoms with E-state index in [1.54, 1.807) is 12.4 Å². The smallest absolute Gasteiger partial charge is 0.0668 e. The Bertz CT molecular complexity index is 200. The van der Waals surface area contributed by atoms with E-state index in [9.17, 15) is 0 Å². The zero-order valence-electron chi connectivity index (χ0n) is 5.06. The van der Waals surface area contributed by atoms with Gasteiger partial charge in [0, 0.05) is 17.7 Å². The third kappa shape index (κ3) is 1.42. The number of pyridine rings is 1. The molecule has 48 valence electrons. The number of rotatable bonds is 1. The Hall–Kier alpha value is -0.570. The van der Waals surface area contributed by atoms with E-state index in [-0.39, 0.29) is 0 Å². The molecule has 0 spiro atoms. The fraction of sp³-hybridized carbons (Fsp3) is 0.167. The summed E-state index contributed by atoms with van der Waals surface area (Å²) in [6.07, 6.45) is 3.51. The van der Waals surface area contributed by atoms with Crippen LogP contribution in [0.5, 0.6) is 0 Å². The van der Waals surface area contributed by atoms with Crippen molar-refractivity contribution in [1.82, 2.24) is 4.98 Å². The van der Waals surface area contributed by atoms with Gasteiger partial charge in [-0.3, -0.25) is 4.98 Å². The summed E-state index contributed by atoms with van der Waals surface area (Å²) >= 11 is 3.35. The first-order valence-electron chi connectivity index (χ1n) is 2.62. The zero-order valence-corrected chi connectivity index (χ0v) is 6.64. The molecule has 0 fully saturated rings. The Morgan fingerprint density at radius 1 is 1.67 bits per heavy atom. The second kappa shape index (κ2) is 2.82. The summed E-state index contributed by atoms with van der Waals surface area (Å²) in [6, 6.07) is 1.89. The van der Waals surface area contributed by atoms with Gasteiger partial charge < -0.3 is 5.32 Å². The molecule has 9 heavy (non-hydrogen) atoms. The van der Waals surface area contributed by atoms with E-state index in [2.05, 4.69) is 26.2 Å². The van der Waals surface area contributed by atoms with E-state index in [1.807, 2.05) is 13.1 Å². The number of nitrogens with one attached hydrogen (secondary N) is 1. The predicted molar refractivity (Wildman–Crippen MR) is 41.5 cm³/mol. The van der Waals surface area contributed by atoms with Crippen molar-refractivity contribution in [3.63, 3.8) is 0 Å². The lowest BCUT2D eigenvalue weighted by Gasteiger charge is -1.98. The molecule has 2 nitrogen and oxygen atoms in total. The number of nitrogens with zero attached hydrogens (tertiary/aromatic N) is 1. The maximum Gasteiger partial charge on any atom is 0.0668 e. The standard InChI is InChI=1S/C6H7BrN2/c1-8-6-4-9-3-2-5(6)7/h2-4,8H,1H3. The monoisotopic (exact) mass is 186 g/mol. The lowest BCUT2D eigenvalue weighted by atomic mass is 10.4. The molecule has 1 N–H and O–H groups in total. The van der Waals surface area contributed by atoms with Crippen LogP contribution in [0, 0.1) is 0 Å². The van der Waals surface area contributed by atoms with Crippen molar-refractivity contribution < 1.29 is 0 Å². The molecule has 0 aliphatic rings. The normalized spacial score (nSPS) is 9.11. The minimum Gasteiger partial charge on any atom is -0.386 e. The van der Waals surface area contributed by atoms with Crippen LogP contribution in [-0.2, 0) is 0 Å². The van der Waals surface area contributed by atoms with Crippen molar-refractivity contribution in [1.29, 1.82) is 0 Å². The van der Waals surface area contributed by atoms with Crippen molar-refractivity contribution in [3.05, 3.63) is 22.9 Å². The average molecular weight is 187 g/mol. The molecule has 0 aliphatic heterocycles. The van der Waals surface area contributed by atoms with Crippen molar-refractivity contribution in [2.24, 2.45) is 0 Å². The molecule has 0 aliphatic carbocycles. The van der Waals surface area contributed by atoms with E-state index in [1.165, 1.54) is 0 Å². The molecule has 0 amide bonds. The Morgan fingerprint density at radius 2 is 2.44 bits per heavy atom. The first-order valence-corrected chi connectivity index (χ1v) is 3.41. The highest BCUT2D eigenvalue weighted by Gasteiger charge is 1.91. The molecular formula is C6H7BrN2. The summed E-state index contributed by atoms with van der Waals surface area (Å²) in [5.74, 6) is 0. The summed E-state index contributed by atoms with van der Waals surface area (Å²) in [5, 5.41) is 2.99. The molecule has 0 atom stereocenters. The lowest BCUT2D eigenvalue weighted by Crippen LogP contribution is -1.88.